The lowest BCUT2D eigenvalue weighted by Crippen LogP contribution is -2.20. The number of fused-ring (bicyclic) bond motifs is 1. The molecule has 3 rings (SSSR count). The summed E-state index contributed by atoms with van der Waals surface area (Å²) in [5.74, 6) is -0.00336. The SMILES string of the molecule is Cc1ccc(NC(=O)c2c(C)oc3ncn(C)c(=O)c23)c(C)c1. The average Bonchev–Trinajstić information content (AvgIpc) is 2.83. The molecule has 2 heterocycles. The standard InChI is InChI=1S/C17H17N3O3/c1-9-5-6-12(10(2)7-9)19-15(21)13-11(3)23-16-14(13)17(22)20(4)8-18-16/h5-8H,1-4H3,(H,19,21). The average molecular weight is 311 g/mol. The fourth-order valence-corrected chi connectivity index (χ4v) is 2.60. The van der Waals surface area contributed by atoms with Crippen molar-refractivity contribution in [1.82, 2.24) is 9.55 Å². The van der Waals surface area contributed by atoms with Crippen molar-refractivity contribution in [3.8, 4) is 0 Å². The summed E-state index contributed by atoms with van der Waals surface area (Å²) in [5, 5.41) is 3.05. The first-order valence-electron chi connectivity index (χ1n) is 7.22. The van der Waals surface area contributed by atoms with E-state index in [1.165, 1.54) is 10.9 Å². The summed E-state index contributed by atoms with van der Waals surface area (Å²) >= 11 is 0. The fourth-order valence-electron chi connectivity index (χ4n) is 2.60. The first kappa shape index (κ1) is 15.0. The zero-order chi connectivity index (χ0) is 16.7. The Morgan fingerprint density at radius 3 is 2.70 bits per heavy atom. The highest BCUT2D eigenvalue weighted by molar-refractivity contribution is 6.12. The minimum absolute atomic E-state index is 0.177. The van der Waals surface area contributed by atoms with E-state index in [4.69, 9.17) is 4.42 Å². The van der Waals surface area contributed by atoms with Crippen LogP contribution in [0.5, 0.6) is 0 Å². The van der Waals surface area contributed by atoms with Crippen LogP contribution in [0.15, 0.2) is 33.7 Å². The zero-order valence-electron chi connectivity index (χ0n) is 13.4. The van der Waals surface area contributed by atoms with Crippen molar-refractivity contribution in [1.29, 1.82) is 0 Å². The first-order chi connectivity index (χ1) is 10.9. The van der Waals surface area contributed by atoms with Crippen molar-refractivity contribution in [3.05, 3.63) is 57.3 Å². The number of benzene rings is 1. The van der Waals surface area contributed by atoms with Crippen molar-refractivity contribution in [2.45, 2.75) is 20.8 Å². The number of aromatic nitrogens is 2. The fraction of sp³-hybridized carbons (Fsp3) is 0.235. The highest BCUT2D eigenvalue weighted by Crippen LogP contribution is 2.23. The number of hydrogen-bond acceptors (Lipinski definition) is 4. The Labute approximate surface area is 132 Å². The second-order valence-corrected chi connectivity index (χ2v) is 5.65. The van der Waals surface area contributed by atoms with Gasteiger partial charge < -0.3 is 14.3 Å². The predicted octanol–water partition coefficient (Wildman–Crippen LogP) is 2.70. The molecule has 1 N–H and O–H groups in total. The molecule has 1 aromatic carbocycles. The van der Waals surface area contributed by atoms with Gasteiger partial charge in [-0.2, -0.15) is 0 Å². The van der Waals surface area contributed by atoms with E-state index < -0.39 is 0 Å². The van der Waals surface area contributed by atoms with Crippen LogP contribution in [0, 0.1) is 20.8 Å². The van der Waals surface area contributed by atoms with E-state index in [1.54, 1.807) is 14.0 Å². The van der Waals surface area contributed by atoms with Crippen molar-refractivity contribution in [2.24, 2.45) is 7.05 Å². The lowest BCUT2D eigenvalue weighted by atomic mass is 10.1. The summed E-state index contributed by atoms with van der Waals surface area (Å²) < 4.78 is 6.78. The van der Waals surface area contributed by atoms with Crippen LogP contribution < -0.4 is 10.9 Å². The van der Waals surface area contributed by atoms with Gasteiger partial charge >= 0.3 is 0 Å². The molecule has 2 aromatic heterocycles. The molecule has 0 aliphatic heterocycles. The lowest BCUT2D eigenvalue weighted by Gasteiger charge is -2.09. The number of hydrogen-bond donors (Lipinski definition) is 1. The Kier molecular flexibility index (Phi) is 3.52. The quantitative estimate of drug-likeness (QED) is 0.789. The molecule has 0 atom stereocenters. The molecule has 3 aromatic rings. The van der Waals surface area contributed by atoms with Crippen molar-refractivity contribution < 1.29 is 9.21 Å². The van der Waals surface area contributed by atoms with Gasteiger partial charge in [-0.1, -0.05) is 17.7 Å². The summed E-state index contributed by atoms with van der Waals surface area (Å²) in [5.41, 5.74) is 2.87. The second kappa shape index (κ2) is 5.39. The van der Waals surface area contributed by atoms with E-state index in [1.807, 2.05) is 32.0 Å². The van der Waals surface area contributed by atoms with Gasteiger partial charge in [0, 0.05) is 12.7 Å². The van der Waals surface area contributed by atoms with Gasteiger partial charge in [-0.05, 0) is 32.4 Å². The number of carbonyl (C=O) groups excluding carboxylic acids is 1. The van der Waals surface area contributed by atoms with Crippen molar-refractivity contribution in [2.75, 3.05) is 5.32 Å². The van der Waals surface area contributed by atoms with E-state index in [0.29, 0.717) is 11.4 Å². The van der Waals surface area contributed by atoms with Gasteiger partial charge in [0.15, 0.2) is 0 Å². The second-order valence-electron chi connectivity index (χ2n) is 5.65. The minimum atomic E-state index is -0.377. The van der Waals surface area contributed by atoms with Crippen molar-refractivity contribution in [3.63, 3.8) is 0 Å². The Morgan fingerprint density at radius 1 is 1.26 bits per heavy atom. The third-order valence-corrected chi connectivity index (χ3v) is 3.81. The summed E-state index contributed by atoms with van der Waals surface area (Å²) in [4.78, 5) is 29.0. The summed E-state index contributed by atoms with van der Waals surface area (Å²) in [6, 6.07) is 5.75. The molecule has 0 fully saturated rings. The minimum Gasteiger partial charge on any atom is -0.442 e. The number of aryl methyl sites for hydroxylation is 4. The Morgan fingerprint density at radius 2 is 2.00 bits per heavy atom. The van der Waals surface area contributed by atoms with E-state index in [2.05, 4.69) is 10.3 Å². The summed E-state index contributed by atoms with van der Waals surface area (Å²) in [6.45, 7) is 5.56. The normalized spacial score (nSPS) is 11.0. The van der Waals surface area contributed by atoms with Crippen LogP contribution in [0.1, 0.15) is 27.2 Å². The number of carbonyl (C=O) groups is 1. The number of nitrogens with zero attached hydrogens (tertiary/aromatic N) is 2. The molecule has 0 saturated carbocycles. The van der Waals surface area contributed by atoms with Gasteiger partial charge in [0.2, 0.25) is 5.71 Å². The molecule has 0 unspecified atom stereocenters. The van der Waals surface area contributed by atoms with Gasteiger partial charge in [0.05, 0.1) is 5.56 Å². The smallest absolute Gasteiger partial charge is 0.265 e. The molecule has 0 aliphatic rings. The molecule has 0 radical (unpaired) electrons. The topological polar surface area (TPSA) is 77.1 Å². The number of anilines is 1. The number of furan rings is 1. The summed E-state index contributed by atoms with van der Waals surface area (Å²) in [7, 11) is 1.59. The van der Waals surface area contributed by atoms with Crippen LogP contribution in [0.2, 0.25) is 0 Å². The van der Waals surface area contributed by atoms with Gasteiger partial charge in [-0.25, -0.2) is 4.98 Å². The summed E-state index contributed by atoms with van der Waals surface area (Å²) in [6.07, 6.45) is 1.37. The monoisotopic (exact) mass is 311 g/mol. The van der Waals surface area contributed by atoms with Crippen LogP contribution in [-0.4, -0.2) is 15.5 Å². The van der Waals surface area contributed by atoms with Crippen LogP contribution in [0.25, 0.3) is 11.1 Å². The Bertz CT molecular complexity index is 983. The van der Waals surface area contributed by atoms with Crippen LogP contribution in [0.4, 0.5) is 5.69 Å². The highest BCUT2D eigenvalue weighted by Gasteiger charge is 2.22. The van der Waals surface area contributed by atoms with E-state index in [-0.39, 0.29) is 28.1 Å². The largest absolute Gasteiger partial charge is 0.442 e. The van der Waals surface area contributed by atoms with Crippen LogP contribution in [-0.2, 0) is 7.05 Å². The molecule has 23 heavy (non-hydrogen) atoms. The van der Waals surface area contributed by atoms with Crippen LogP contribution in [0.3, 0.4) is 0 Å². The zero-order valence-corrected chi connectivity index (χ0v) is 13.4. The van der Waals surface area contributed by atoms with E-state index in [9.17, 15) is 9.59 Å². The predicted molar refractivity (Wildman–Crippen MR) is 87.9 cm³/mol. The maximum absolute atomic E-state index is 12.7. The molecule has 0 saturated heterocycles. The lowest BCUT2D eigenvalue weighted by molar-refractivity contribution is 0.102. The maximum atomic E-state index is 12.7. The van der Waals surface area contributed by atoms with E-state index in [0.717, 1.165) is 11.1 Å². The van der Waals surface area contributed by atoms with E-state index >= 15 is 0 Å². The number of rotatable bonds is 2. The molecule has 0 spiro atoms. The van der Waals surface area contributed by atoms with Gasteiger partial charge in [0.1, 0.15) is 17.5 Å². The third-order valence-electron chi connectivity index (χ3n) is 3.81. The molecule has 118 valence electrons. The number of amides is 1. The van der Waals surface area contributed by atoms with Gasteiger partial charge in [0.25, 0.3) is 11.5 Å². The highest BCUT2D eigenvalue weighted by atomic mass is 16.3. The third kappa shape index (κ3) is 2.52. The molecular weight excluding hydrogens is 294 g/mol. The molecule has 6 heteroatoms. The van der Waals surface area contributed by atoms with Gasteiger partial charge in [-0.3, -0.25) is 9.59 Å². The van der Waals surface area contributed by atoms with Gasteiger partial charge in [-0.15, -0.1) is 0 Å². The molecule has 0 aliphatic carbocycles. The number of nitrogens with one attached hydrogen (secondary N) is 1. The molecular formula is C17H17N3O3. The Balaban J connectivity index is 2.09. The molecule has 1 amide bonds. The Hall–Kier alpha value is -2.89. The van der Waals surface area contributed by atoms with Crippen molar-refractivity contribution >= 4 is 22.7 Å². The first-order valence-corrected chi connectivity index (χ1v) is 7.22. The molecule has 6 nitrogen and oxygen atoms in total. The molecule has 0 bridgehead atoms. The maximum Gasteiger partial charge on any atom is 0.265 e. The van der Waals surface area contributed by atoms with Crippen LogP contribution >= 0.6 is 0 Å².